The fourth-order valence-corrected chi connectivity index (χ4v) is 16.3. The molecule has 0 saturated carbocycles. The number of aromatic hydroxyl groups is 1. The molecule has 1 saturated heterocycles. The van der Waals surface area contributed by atoms with E-state index in [9.17, 15) is 62.6 Å². The van der Waals surface area contributed by atoms with Crippen LogP contribution in [0.25, 0.3) is 21.8 Å². The summed E-state index contributed by atoms with van der Waals surface area (Å²) in [5, 5.41) is 51.7. The van der Waals surface area contributed by atoms with E-state index in [2.05, 4.69) is 90.7 Å². The molecule has 0 unspecified atom stereocenters. The molecular weight excluding hydrogens is 1800 g/mol. The fraction of sp³-hybridized carbons (Fsp3) is 0.606. The molecule has 0 bridgehead atoms. The lowest BCUT2D eigenvalue weighted by atomic mass is 9.98. The minimum absolute atomic E-state index is 0.0468. The number of hydrogen-bond donors (Lipinski definition) is 19. The van der Waals surface area contributed by atoms with Crippen LogP contribution in [0.1, 0.15) is 213 Å². The van der Waals surface area contributed by atoms with E-state index in [0.29, 0.717) is 106 Å². The van der Waals surface area contributed by atoms with Gasteiger partial charge in [-0.2, -0.15) is 0 Å². The SMILES string of the molecule is CCCCCCCCCCCCCCCC(=O)NCCOCCOCCOCCC(=O)NCCCC[C@H](NC(=O)[C@@H](N)[C@@H](C)CC)C(=O)N1CCN(c2ccc3ncn(CC(=O)N[C@@H](CCCNC(=N)N)C(=O)N[C@@H](Cc4cnc[nH]4)C(=O)N[C@@H](Cc4ccc(O)cc4)C(=O)N[C@@H](CC(C)C)C(=O)N[C@@H](CC(N)=O)C(=O)N[C@@H](Cc4c[nH]c5ccccc45)C(=O)N[C@H](C(=O)NC)C(C)C)c(=O)c3c2)CC1. The molecule has 7 rings (SSSR count). The number of benzene rings is 3. The van der Waals surface area contributed by atoms with Gasteiger partial charge in [-0.1, -0.05) is 162 Å². The van der Waals surface area contributed by atoms with E-state index < -0.39 is 138 Å². The summed E-state index contributed by atoms with van der Waals surface area (Å²) in [6, 6.07) is 5.92. The number of rotatable bonds is 68. The highest BCUT2D eigenvalue weighted by molar-refractivity contribution is 6.00. The van der Waals surface area contributed by atoms with Gasteiger partial charge in [-0.3, -0.25) is 77.1 Å². The molecule has 3 aromatic heterocycles. The van der Waals surface area contributed by atoms with E-state index in [-0.39, 0.29) is 131 Å². The minimum Gasteiger partial charge on any atom is -0.508 e. The highest BCUT2D eigenvalue weighted by atomic mass is 16.5. The van der Waals surface area contributed by atoms with E-state index in [1.54, 1.807) is 63.1 Å². The zero-order valence-electron chi connectivity index (χ0n) is 82.7. The Morgan fingerprint density at radius 2 is 1.09 bits per heavy atom. The summed E-state index contributed by atoms with van der Waals surface area (Å²) in [6.45, 7) is 16.2. The lowest BCUT2D eigenvalue weighted by Crippen LogP contribution is -2.61. The van der Waals surface area contributed by atoms with Gasteiger partial charge in [0.1, 0.15) is 60.6 Å². The Bertz CT molecular complexity index is 4970. The Labute approximate surface area is 819 Å². The second-order valence-electron chi connectivity index (χ2n) is 36.7. The number of guanidine groups is 1. The number of H-pyrrole nitrogens is 2. The molecule has 22 N–H and O–H groups in total. The molecule has 41 nitrogen and oxygen atoms in total. The van der Waals surface area contributed by atoms with Crippen LogP contribution in [0.3, 0.4) is 0 Å². The summed E-state index contributed by atoms with van der Waals surface area (Å²) in [4.78, 5) is 215. The molecular formula is C99H153N23O18. The number of nitrogens with two attached hydrogens (primary N) is 3. The van der Waals surface area contributed by atoms with Gasteiger partial charge in [0.2, 0.25) is 76.8 Å². The fourth-order valence-electron chi connectivity index (χ4n) is 16.3. The molecule has 1 fully saturated rings. The number of fused-ring (bicyclic) bond motifs is 2. The van der Waals surface area contributed by atoms with Gasteiger partial charge in [0.15, 0.2) is 5.96 Å². The van der Waals surface area contributed by atoms with Crippen molar-refractivity contribution in [2.45, 2.75) is 276 Å². The number of piperazine rings is 1. The predicted octanol–water partition coefficient (Wildman–Crippen LogP) is 3.85. The second-order valence-corrected chi connectivity index (χ2v) is 36.7. The van der Waals surface area contributed by atoms with E-state index in [1.165, 1.54) is 121 Å². The van der Waals surface area contributed by atoms with Crippen LogP contribution >= 0.6 is 0 Å². The van der Waals surface area contributed by atoms with Crippen molar-refractivity contribution in [2.24, 2.45) is 35.0 Å². The molecule has 0 radical (unpaired) electrons. The zero-order chi connectivity index (χ0) is 102. The number of carbonyl (C=O) groups excluding carboxylic acids is 13. The van der Waals surface area contributed by atoms with Crippen molar-refractivity contribution in [1.82, 2.24) is 93.2 Å². The third kappa shape index (κ3) is 41.0. The Kier molecular flexibility index (Phi) is 51.0. The van der Waals surface area contributed by atoms with Crippen LogP contribution in [0, 0.1) is 23.2 Å². The normalized spacial score (nSPS) is 14.2. The first-order valence-electron chi connectivity index (χ1n) is 49.6. The van der Waals surface area contributed by atoms with Gasteiger partial charge in [0.25, 0.3) is 5.56 Å². The molecule has 1 aliphatic heterocycles. The second kappa shape index (κ2) is 62.4. The molecule has 13 amide bonds. The zero-order valence-corrected chi connectivity index (χ0v) is 82.7. The van der Waals surface area contributed by atoms with Crippen LogP contribution in [-0.2, 0) is 102 Å². The Balaban J connectivity index is 0.934. The van der Waals surface area contributed by atoms with Gasteiger partial charge in [-0.15, -0.1) is 0 Å². The number of aromatic amines is 2. The van der Waals surface area contributed by atoms with Gasteiger partial charge in [0.05, 0.1) is 75.7 Å². The summed E-state index contributed by atoms with van der Waals surface area (Å²) in [5.74, 6) is -10.3. The van der Waals surface area contributed by atoms with Crippen LogP contribution in [-0.4, -0.2) is 264 Å². The van der Waals surface area contributed by atoms with Crippen LogP contribution in [0.15, 0.2) is 96.6 Å². The number of primary amides is 1. The smallest absolute Gasteiger partial charge is 0.261 e. The highest BCUT2D eigenvalue weighted by Gasteiger charge is 2.38. The van der Waals surface area contributed by atoms with Crippen molar-refractivity contribution in [3.05, 3.63) is 119 Å². The predicted molar refractivity (Wildman–Crippen MR) is 532 cm³/mol. The lowest BCUT2D eigenvalue weighted by molar-refractivity contribution is -0.137. The first-order valence-corrected chi connectivity index (χ1v) is 49.6. The topological polar surface area (TPSA) is 602 Å². The van der Waals surface area contributed by atoms with E-state index in [1.807, 2.05) is 36.9 Å². The Morgan fingerprint density at radius 3 is 1.71 bits per heavy atom. The van der Waals surface area contributed by atoms with Crippen molar-refractivity contribution < 1.29 is 81.6 Å². The lowest BCUT2D eigenvalue weighted by Gasteiger charge is -2.38. The number of aromatic nitrogens is 5. The maximum absolute atomic E-state index is 15.1. The number of amides is 13. The van der Waals surface area contributed by atoms with Crippen molar-refractivity contribution >= 4 is 110 Å². The number of para-hydroxylation sites is 1. The van der Waals surface area contributed by atoms with Crippen molar-refractivity contribution in [3.8, 4) is 5.75 Å². The summed E-state index contributed by atoms with van der Waals surface area (Å²) in [7, 11) is 1.41. The average Bonchev–Trinajstić information content (AvgIpc) is 1.33. The molecule has 6 aromatic rings. The number of likely N-dealkylation sites (N-methyl/N-ethyl adjacent to an activating group) is 1. The number of carbonyl (C=O) groups is 13. The monoisotopic (exact) mass is 1950 g/mol. The number of nitrogens with zero attached hydrogens (tertiary/aromatic N) is 5. The van der Waals surface area contributed by atoms with Crippen molar-refractivity contribution in [3.63, 3.8) is 0 Å². The molecule has 1 aliphatic rings. The molecule has 41 heteroatoms. The minimum atomic E-state index is -1.75. The number of phenols is 1. The van der Waals surface area contributed by atoms with Gasteiger partial charge >= 0.3 is 0 Å². The van der Waals surface area contributed by atoms with E-state index in [4.69, 9.17) is 36.8 Å². The summed E-state index contributed by atoms with van der Waals surface area (Å²) in [5.41, 5.74) is 20.1. The maximum atomic E-state index is 15.1. The summed E-state index contributed by atoms with van der Waals surface area (Å²) >= 11 is 0. The van der Waals surface area contributed by atoms with Gasteiger partial charge in [-0.05, 0) is 110 Å². The van der Waals surface area contributed by atoms with Crippen LogP contribution in [0.2, 0.25) is 0 Å². The van der Waals surface area contributed by atoms with Crippen LogP contribution < -0.4 is 91.5 Å². The average molecular weight is 1950 g/mol. The molecule has 0 spiro atoms. The van der Waals surface area contributed by atoms with E-state index in [0.717, 1.165) is 28.3 Å². The number of imidazole rings is 1. The Hall–Kier alpha value is -12.6. The first-order chi connectivity index (χ1) is 67.2. The molecule has 140 heavy (non-hydrogen) atoms. The van der Waals surface area contributed by atoms with Crippen LogP contribution in [0.4, 0.5) is 5.69 Å². The number of anilines is 1. The number of unbranched alkanes of at least 4 members (excludes halogenated alkanes) is 13. The summed E-state index contributed by atoms with van der Waals surface area (Å²) in [6.07, 6.45) is 22.9. The third-order valence-electron chi connectivity index (χ3n) is 24.6. The molecule has 772 valence electrons. The maximum Gasteiger partial charge on any atom is 0.261 e. The molecule has 3 aromatic carbocycles. The Morgan fingerprint density at radius 1 is 0.529 bits per heavy atom. The first kappa shape index (κ1) is 114. The highest BCUT2D eigenvalue weighted by Crippen LogP contribution is 2.25. The summed E-state index contributed by atoms with van der Waals surface area (Å²) < 4.78 is 17.9. The number of phenolic OH excluding ortho intramolecular Hbond substituents is 1. The number of hydrogen-bond acceptors (Lipinski definition) is 23. The van der Waals surface area contributed by atoms with E-state index >= 15 is 9.59 Å². The largest absolute Gasteiger partial charge is 0.508 e. The number of ether oxygens (including phenoxy) is 3. The van der Waals surface area contributed by atoms with Crippen LogP contribution in [0.5, 0.6) is 5.75 Å². The molecule has 4 heterocycles. The number of nitrogens with one attached hydrogen (secondary N) is 15. The van der Waals surface area contributed by atoms with Gasteiger partial charge in [0, 0.05) is 120 Å². The standard InChI is InChI=1S/C99H153N23O18/c1-9-11-12-13-14-15-16-17-18-19-20-21-22-32-84(125)107-42-48-139-50-52-140-51-49-138-47-39-85(126)106-40-26-25-30-77(113-95(134)87(101)66(7)10-2)98(137)121-45-43-120(44-46-121)70-35-38-75-73(57-70)97(136)122(63-111-75)61-86(127)112-76(31-27-41-108-99(102)103)89(128)117-81(56-69-60-105-62-110-69)92(131)115-79(54-67-33-36-71(123)37-34-67)91(130)114-78(53-64(3)4)90(129)118-82(58-83(100)124)93(132)116-80(94(133)119-88(65(5)6)96(135)104-8)55-68-59-109-74-29-24-23-28-72(68)74/h23-24,28-29,33-38,57,59-60,62-66,76-82,87-88,109,123H,9-22,25-27,30-32,39-56,58,61,101H2,1-8H3,(H2,100,124)(H,104,135)(H,105,110)(H,106,126)(H,107,125)(H,112,127)(H,113,134)(H,114,130)(H,115,131)(H,116,132)(H,117,128)(H,118,129)(H,119,133)(H4,102,103,108)/t66-,76-,77-,78-,79-,80-,81-,82-,87-,88-/m0/s1. The molecule has 0 aliphatic carbocycles. The van der Waals surface area contributed by atoms with Gasteiger partial charge in [-0.25, -0.2) is 9.97 Å². The van der Waals surface area contributed by atoms with Crippen molar-refractivity contribution in [2.75, 3.05) is 97.4 Å². The third-order valence-corrected chi connectivity index (χ3v) is 24.6. The van der Waals surface area contributed by atoms with Crippen molar-refractivity contribution in [1.29, 1.82) is 5.41 Å². The molecule has 10 atom stereocenters. The van der Waals surface area contributed by atoms with Gasteiger partial charge < -0.3 is 120 Å². The quantitative estimate of drug-likeness (QED) is 0.0146.